The number of anilines is 1. The van der Waals surface area contributed by atoms with E-state index in [0.717, 1.165) is 24.1 Å². The first-order valence-electron chi connectivity index (χ1n) is 7.77. The summed E-state index contributed by atoms with van der Waals surface area (Å²) in [6.45, 7) is 0. The Kier molecular flexibility index (Phi) is 3.21. The number of hydrogen-bond acceptors (Lipinski definition) is 5. The van der Waals surface area contributed by atoms with Crippen molar-refractivity contribution in [1.29, 1.82) is 0 Å². The van der Waals surface area contributed by atoms with E-state index < -0.39 is 0 Å². The minimum absolute atomic E-state index is 0.372. The van der Waals surface area contributed by atoms with Gasteiger partial charge in [0.05, 0.1) is 6.04 Å². The normalized spacial score (nSPS) is 16.2. The lowest BCUT2D eigenvalue weighted by Crippen LogP contribution is -2.15. The van der Waals surface area contributed by atoms with Gasteiger partial charge in [0.2, 0.25) is 0 Å². The molecule has 6 nitrogen and oxygen atoms in total. The maximum atomic E-state index is 6.07. The van der Waals surface area contributed by atoms with Crippen molar-refractivity contribution < 1.29 is 0 Å². The minimum Gasteiger partial charge on any atom is -0.382 e. The van der Waals surface area contributed by atoms with Gasteiger partial charge in [0.15, 0.2) is 22.8 Å². The smallest absolute Gasteiger partial charge is 0.184 e. The Morgan fingerprint density at radius 2 is 1.77 bits per heavy atom. The molecule has 0 saturated heterocycles. The second-order valence-corrected chi connectivity index (χ2v) is 5.80. The second-order valence-electron chi connectivity index (χ2n) is 5.80. The van der Waals surface area contributed by atoms with Crippen molar-refractivity contribution in [2.75, 3.05) is 5.73 Å². The topological polar surface area (TPSA) is 82.5 Å². The molecule has 2 heterocycles. The van der Waals surface area contributed by atoms with Crippen LogP contribution in [-0.4, -0.2) is 25.0 Å². The van der Waals surface area contributed by atoms with Crippen LogP contribution >= 0.6 is 0 Å². The van der Waals surface area contributed by atoms with Crippen LogP contribution in [0.15, 0.2) is 30.3 Å². The van der Waals surface area contributed by atoms with E-state index in [1.165, 1.54) is 19.3 Å². The second kappa shape index (κ2) is 5.36. The van der Waals surface area contributed by atoms with Gasteiger partial charge in [-0.25, -0.2) is 14.6 Å². The third-order valence-electron chi connectivity index (χ3n) is 4.30. The summed E-state index contributed by atoms with van der Waals surface area (Å²) in [7, 11) is 0. The summed E-state index contributed by atoms with van der Waals surface area (Å²) in [6.07, 6.45) is 6.03. The molecule has 2 aromatic heterocycles. The lowest BCUT2D eigenvalue weighted by atomic mass is 9.96. The first-order chi connectivity index (χ1) is 10.8. The van der Waals surface area contributed by atoms with Gasteiger partial charge in [0.25, 0.3) is 0 Å². The van der Waals surface area contributed by atoms with Gasteiger partial charge in [0.1, 0.15) is 0 Å². The first kappa shape index (κ1) is 13.2. The highest BCUT2D eigenvalue weighted by molar-refractivity contribution is 5.83. The van der Waals surface area contributed by atoms with E-state index in [2.05, 4.69) is 20.3 Å². The van der Waals surface area contributed by atoms with Gasteiger partial charge < -0.3 is 5.73 Å². The number of nitrogens with two attached hydrogens (primary N) is 1. The molecular formula is C16H18N6. The molecule has 22 heavy (non-hydrogen) atoms. The van der Waals surface area contributed by atoms with Crippen LogP contribution in [0.2, 0.25) is 0 Å². The molecule has 1 aliphatic rings. The molecule has 0 atom stereocenters. The average molecular weight is 294 g/mol. The Morgan fingerprint density at radius 1 is 1.00 bits per heavy atom. The first-order valence-corrected chi connectivity index (χ1v) is 7.77. The Balaban J connectivity index is 1.84. The molecule has 112 valence electrons. The summed E-state index contributed by atoms with van der Waals surface area (Å²) >= 11 is 0. The number of fused-ring (bicyclic) bond motifs is 1. The summed E-state index contributed by atoms with van der Waals surface area (Å²) in [4.78, 5) is 9.07. The number of benzene rings is 1. The fraction of sp³-hybridized carbons (Fsp3) is 0.375. The van der Waals surface area contributed by atoms with Gasteiger partial charge >= 0.3 is 0 Å². The van der Waals surface area contributed by atoms with Gasteiger partial charge in [-0.2, -0.15) is 0 Å². The molecular weight excluding hydrogens is 276 g/mol. The lowest BCUT2D eigenvalue weighted by molar-refractivity contribution is 0.330. The van der Waals surface area contributed by atoms with Gasteiger partial charge in [-0.3, -0.25) is 0 Å². The zero-order valence-corrected chi connectivity index (χ0v) is 12.3. The zero-order valence-electron chi connectivity index (χ0n) is 12.3. The Labute approximate surface area is 128 Å². The summed E-state index contributed by atoms with van der Waals surface area (Å²) in [5.41, 5.74) is 8.37. The molecule has 1 aromatic carbocycles. The number of hydrogen-bond donors (Lipinski definition) is 1. The van der Waals surface area contributed by atoms with Crippen molar-refractivity contribution in [2.45, 2.75) is 38.1 Å². The van der Waals surface area contributed by atoms with Crippen molar-refractivity contribution in [1.82, 2.24) is 25.0 Å². The van der Waals surface area contributed by atoms with Crippen molar-refractivity contribution in [3.8, 4) is 11.4 Å². The minimum atomic E-state index is 0.372. The number of aromatic nitrogens is 5. The van der Waals surface area contributed by atoms with E-state index in [4.69, 9.17) is 5.73 Å². The van der Waals surface area contributed by atoms with Crippen molar-refractivity contribution in [3.63, 3.8) is 0 Å². The Bertz CT molecular complexity index is 789. The molecule has 2 N–H and O–H groups in total. The number of nitrogens with zero attached hydrogens (tertiary/aromatic N) is 5. The van der Waals surface area contributed by atoms with E-state index >= 15 is 0 Å². The van der Waals surface area contributed by atoms with Crippen molar-refractivity contribution in [2.24, 2.45) is 0 Å². The molecule has 1 fully saturated rings. The quantitative estimate of drug-likeness (QED) is 0.785. The fourth-order valence-corrected chi connectivity index (χ4v) is 3.14. The van der Waals surface area contributed by atoms with Crippen LogP contribution in [0.4, 0.5) is 5.82 Å². The fourth-order valence-electron chi connectivity index (χ4n) is 3.14. The molecule has 6 heteroatoms. The van der Waals surface area contributed by atoms with Crippen LogP contribution in [0, 0.1) is 0 Å². The largest absolute Gasteiger partial charge is 0.382 e. The highest BCUT2D eigenvalue weighted by Gasteiger charge is 2.21. The van der Waals surface area contributed by atoms with Gasteiger partial charge in [-0.1, -0.05) is 54.8 Å². The number of nitrogen functional groups attached to an aromatic ring is 1. The Morgan fingerprint density at radius 3 is 2.55 bits per heavy atom. The highest BCUT2D eigenvalue weighted by Crippen LogP contribution is 2.30. The summed E-state index contributed by atoms with van der Waals surface area (Å²) in [6, 6.07) is 10.2. The molecule has 0 bridgehead atoms. The van der Waals surface area contributed by atoms with E-state index in [9.17, 15) is 0 Å². The van der Waals surface area contributed by atoms with Crippen LogP contribution in [0.5, 0.6) is 0 Å². The molecule has 3 aromatic rings. The maximum absolute atomic E-state index is 6.07. The van der Waals surface area contributed by atoms with Crippen LogP contribution in [0.3, 0.4) is 0 Å². The molecule has 1 aliphatic carbocycles. The van der Waals surface area contributed by atoms with Crippen LogP contribution in [0.1, 0.15) is 38.1 Å². The maximum Gasteiger partial charge on any atom is 0.184 e. The average Bonchev–Trinajstić information content (AvgIpc) is 3.01. The van der Waals surface area contributed by atoms with Gasteiger partial charge in [-0.05, 0) is 12.8 Å². The summed E-state index contributed by atoms with van der Waals surface area (Å²) in [5.74, 6) is 1.02. The SMILES string of the molecule is Nc1nc(-c2ccccc2)nc2c1nnn2C1CCCCC1. The monoisotopic (exact) mass is 294 g/mol. The zero-order chi connectivity index (χ0) is 14.9. The van der Waals surface area contributed by atoms with Crippen LogP contribution < -0.4 is 5.73 Å². The molecule has 4 rings (SSSR count). The molecule has 0 spiro atoms. The predicted octanol–water partition coefficient (Wildman–Crippen LogP) is 2.98. The third kappa shape index (κ3) is 2.20. The molecule has 0 aliphatic heterocycles. The van der Waals surface area contributed by atoms with Crippen molar-refractivity contribution >= 4 is 17.0 Å². The van der Waals surface area contributed by atoms with E-state index in [1.54, 1.807) is 0 Å². The predicted molar refractivity (Wildman–Crippen MR) is 85.1 cm³/mol. The van der Waals surface area contributed by atoms with E-state index in [-0.39, 0.29) is 0 Å². The standard InChI is InChI=1S/C16H18N6/c17-14-13-16(19-15(18-14)11-7-3-1-4-8-11)22(21-20-13)12-9-5-2-6-10-12/h1,3-4,7-8,12H,2,5-6,9-10H2,(H2,17,18,19). The molecule has 0 unspecified atom stereocenters. The Hall–Kier alpha value is -2.50. The third-order valence-corrected chi connectivity index (χ3v) is 4.30. The highest BCUT2D eigenvalue weighted by atomic mass is 15.5. The van der Waals surface area contributed by atoms with Gasteiger partial charge in [0, 0.05) is 5.56 Å². The van der Waals surface area contributed by atoms with E-state index in [1.807, 2.05) is 35.0 Å². The molecule has 1 saturated carbocycles. The molecule has 0 amide bonds. The number of rotatable bonds is 2. The van der Waals surface area contributed by atoms with Crippen LogP contribution in [0.25, 0.3) is 22.6 Å². The van der Waals surface area contributed by atoms with Crippen LogP contribution in [-0.2, 0) is 0 Å². The summed E-state index contributed by atoms with van der Waals surface area (Å²) < 4.78 is 1.94. The molecule has 0 radical (unpaired) electrons. The van der Waals surface area contributed by atoms with Gasteiger partial charge in [-0.15, -0.1) is 5.10 Å². The lowest BCUT2D eigenvalue weighted by Gasteiger charge is -2.21. The summed E-state index contributed by atoms with van der Waals surface area (Å²) in [5, 5.41) is 8.49. The van der Waals surface area contributed by atoms with Crippen molar-refractivity contribution in [3.05, 3.63) is 30.3 Å². The van der Waals surface area contributed by atoms with E-state index in [0.29, 0.717) is 23.2 Å².